The Kier molecular flexibility index (Phi) is 4.03. The summed E-state index contributed by atoms with van der Waals surface area (Å²) in [6, 6.07) is 5.29. The Labute approximate surface area is 88.0 Å². The number of pyridine rings is 1. The fraction of sp³-hybridized carbons (Fsp3) is 0.400. The van der Waals surface area contributed by atoms with Crippen molar-refractivity contribution in [2.75, 3.05) is 18.5 Å². The number of nitrogens with one attached hydrogen (secondary N) is 1. The highest BCUT2D eigenvalue weighted by atomic mass is 16.3. The Morgan fingerprint density at radius 1 is 1.60 bits per heavy atom. The second-order valence-electron chi connectivity index (χ2n) is 3.21. The summed E-state index contributed by atoms with van der Waals surface area (Å²) in [6.45, 7) is 1.69. The van der Waals surface area contributed by atoms with E-state index in [1.807, 2.05) is 6.07 Å². The largest absolute Gasteiger partial charge is 0.394 e. The number of rotatable bonds is 4. The lowest BCUT2D eigenvalue weighted by Gasteiger charge is -2.10. The van der Waals surface area contributed by atoms with Crippen LogP contribution in [0.15, 0.2) is 12.1 Å². The maximum atomic E-state index is 9.11. The molecule has 0 spiro atoms. The standard InChI is InChI=1S/C10H13N3O2/c1-7-2-8(4-11)3-10(13-7)12-5-9(15)6-14/h2-3,9,14-15H,5-6H2,1H3,(H,12,13). The monoisotopic (exact) mass is 207 g/mol. The minimum atomic E-state index is -0.821. The molecule has 0 aromatic carbocycles. The zero-order valence-corrected chi connectivity index (χ0v) is 8.44. The smallest absolute Gasteiger partial charge is 0.127 e. The third kappa shape index (κ3) is 3.54. The number of nitriles is 1. The number of hydrogen-bond acceptors (Lipinski definition) is 5. The van der Waals surface area contributed by atoms with Gasteiger partial charge in [0.2, 0.25) is 0 Å². The molecule has 1 aromatic rings. The van der Waals surface area contributed by atoms with Gasteiger partial charge in [-0.3, -0.25) is 0 Å². The van der Waals surface area contributed by atoms with E-state index in [9.17, 15) is 0 Å². The number of hydrogen-bond donors (Lipinski definition) is 3. The minimum Gasteiger partial charge on any atom is -0.394 e. The first-order chi connectivity index (χ1) is 7.15. The molecule has 0 fully saturated rings. The fourth-order valence-corrected chi connectivity index (χ4v) is 1.11. The van der Waals surface area contributed by atoms with Crippen LogP contribution in [0.1, 0.15) is 11.3 Å². The summed E-state index contributed by atoms with van der Waals surface area (Å²) in [7, 11) is 0. The average Bonchev–Trinajstić information content (AvgIpc) is 2.25. The molecule has 5 heteroatoms. The molecule has 0 amide bonds. The van der Waals surface area contributed by atoms with E-state index in [0.29, 0.717) is 11.4 Å². The van der Waals surface area contributed by atoms with Gasteiger partial charge in [0.05, 0.1) is 24.3 Å². The number of aliphatic hydroxyl groups excluding tert-OH is 2. The van der Waals surface area contributed by atoms with Crippen LogP contribution < -0.4 is 5.32 Å². The lowest BCUT2D eigenvalue weighted by molar-refractivity contribution is 0.105. The van der Waals surface area contributed by atoms with Crippen molar-refractivity contribution in [3.8, 4) is 6.07 Å². The second-order valence-corrected chi connectivity index (χ2v) is 3.21. The van der Waals surface area contributed by atoms with Crippen molar-refractivity contribution in [1.29, 1.82) is 5.26 Å². The Morgan fingerprint density at radius 2 is 2.33 bits per heavy atom. The first kappa shape index (κ1) is 11.4. The molecule has 1 rings (SSSR count). The van der Waals surface area contributed by atoms with Crippen molar-refractivity contribution >= 4 is 5.82 Å². The molecule has 5 nitrogen and oxygen atoms in total. The lowest BCUT2D eigenvalue weighted by Crippen LogP contribution is -2.23. The van der Waals surface area contributed by atoms with Gasteiger partial charge in [-0.1, -0.05) is 0 Å². The van der Waals surface area contributed by atoms with Crippen molar-refractivity contribution in [1.82, 2.24) is 4.98 Å². The highest BCUT2D eigenvalue weighted by Crippen LogP contribution is 2.08. The molecule has 1 aromatic heterocycles. The first-order valence-corrected chi connectivity index (χ1v) is 4.57. The molecule has 3 N–H and O–H groups in total. The Balaban J connectivity index is 2.69. The van der Waals surface area contributed by atoms with Gasteiger partial charge >= 0.3 is 0 Å². The summed E-state index contributed by atoms with van der Waals surface area (Å²) in [5, 5.41) is 29.3. The molecule has 0 saturated heterocycles. The highest BCUT2D eigenvalue weighted by Gasteiger charge is 2.03. The molecule has 0 aliphatic carbocycles. The Morgan fingerprint density at radius 3 is 2.93 bits per heavy atom. The number of anilines is 1. The van der Waals surface area contributed by atoms with Gasteiger partial charge in [0.25, 0.3) is 0 Å². The summed E-state index contributed by atoms with van der Waals surface area (Å²) in [4.78, 5) is 4.13. The van der Waals surface area contributed by atoms with Crippen molar-refractivity contribution < 1.29 is 10.2 Å². The maximum Gasteiger partial charge on any atom is 0.127 e. The average molecular weight is 207 g/mol. The summed E-state index contributed by atoms with van der Waals surface area (Å²) in [6.07, 6.45) is -0.821. The van der Waals surface area contributed by atoms with Crippen LogP contribution in [-0.4, -0.2) is 34.5 Å². The van der Waals surface area contributed by atoms with Crippen LogP contribution in [0.4, 0.5) is 5.82 Å². The van der Waals surface area contributed by atoms with Crippen LogP contribution in [-0.2, 0) is 0 Å². The van der Waals surface area contributed by atoms with E-state index in [1.165, 1.54) is 0 Å². The van der Waals surface area contributed by atoms with Crippen LogP contribution >= 0.6 is 0 Å². The van der Waals surface area contributed by atoms with Gasteiger partial charge in [-0.05, 0) is 19.1 Å². The minimum absolute atomic E-state index is 0.206. The molecule has 1 heterocycles. The topological polar surface area (TPSA) is 89.2 Å². The van der Waals surface area contributed by atoms with Gasteiger partial charge in [0, 0.05) is 12.2 Å². The van der Waals surface area contributed by atoms with Crippen LogP contribution in [0, 0.1) is 18.3 Å². The molecule has 0 saturated carbocycles. The van der Waals surface area contributed by atoms with E-state index < -0.39 is 6.10 Å². The Bertz CT molecular complexity index is 373. The zero-order valence-electron chi connectivity index (χ0n) is 8.44. The lowest BCUT2D eigenvalue weighted by atomic mass is 10.2. The molecular formula is C10H13N3O2. The van der Waals surface area contributed by atoms with E-state index in [-0.39, 0.29) is 13.2 Å². The summed E-state index contributed by atoms with van der Waals surface area (Å²) < 4.78 is 0. The predicted octanol–water partition coefficient (Wildman–Crippen LogP) is 0.0268. The van der Waals surface area contributed by atoms with Gasteiger partial charge in [-0.25, -0.2) is 4.98 Å². The van der Waals surface area contributed by atoms with Crippen molar-refractivity contribution in [3.63, 3.8) is 0 Å². The van der Waals surface area contributed by atoms with Gasteiger partial charge in [-0.2, -0.15) is 5.26 Å². The van der Waals surface area contributed by atoms with E-state index >= 15 is 0 Å². The van der Waals surface area contributed by atoms with E-state index in [1.54, 1.807) is 19.1 Å². The van der Waals surface area contributed by atoms with Crippen molar-refractivity contribution in [3.05, 3.63) is 23.4 Å². The zero-order chi connectivity index (χ0) is 11.3. The van der Waals surface area contributed by atoms with Crippen LogP contribution in [0.5, 0.6) is 0 Å². The highest BCUT2D eigenvalue weighted by molar-refractivity contribution is 5.44. The van der Waals surface area contributed by atoms with Crippen LogP contribution in [0.25, 0.3) is 0 Å². The van der Waals surface area contributed by atoms with E-state index in [2.05, 4.69) is 10.3 Å². The molecule has 0 bridgehead atoms. The van der Waals surface area contributed by atoms with E-state index in [4.69, 9.17) is 15.5 Å². The van der Waals surface area contributed by atoms with E-state index in [0.717, 1.165) is 5.69 Å². The van der Waals surface area contributed by atoms with Gasteiger partial charge < -0.3 is 15.5 Å². The first-order valence-electron chi connectivity index (χ1n) is 4.57. The SMILES string of the molecule is Cc1cc(C#N)cc(NCC(O)CO)n1. The van der Waals surface area contributed by atoms with Crippen LogP contribution in [0.3, 0.4) is 0 Å². The molecule has 0 aliphatic heterocycles. The third-order valence-corrected chi connectivity index (χ3v) is 1.81. The summed E-state index contributed by atoms with van der Waals surface area (Å²) in [5.74, 6) is 0.527. The Hall–Kier alpha value is -1.64. The summed E-state index contributed by atoms with van der Waals surface area (Å²) in [5.41, 5.74) is 1.25. The predicted molar refractivity (Wildman–Crippen MR) is 55.3 cm³/mol. The molecular weight excluding hydrogens is 194 g/mol. The van der Waals surface area contributed by atoms with Crippen LogP contribution in [0.2, 0.25) is 0 Å². The molecule has 0 radical (unpaired) electrons. The summed E-state index contributed by atoms with van der Waals surface area (Å²) >= 11 is 0. The molecule has 15 heavy (non-hydrogen) atoms. The molecule has 1 unspecified atom stereocenters. The van der Waals surface area contributed by atoms with Gasteiger partial charge in [0.1, 0.15) is 5.82 Å². The normalized spacial score (nSPS) is 11.9. The molecule has 0 aliphatic rings. The fourth-order valence-electron chi connectivity index (χ4n) is 1.11. The number of aliphatic hydroxyl groups is 2. The van der Waals surface area contributed by atoms with Gasteiger partial charge in [-0.15, -0.1) is 0 Å². The van der Waals surface area contributed by atoms with Gasteiger partial charge in [0.15, 0.2) is 0 Å². The van der Waals surface area contributed by atoms with Crippen molar-refractivity contribution in [2.45, 2.75) is 13.0 Å². The number of aryl methyl sites for hydroxylation is 1. The third-order valence-electron chi connectivity index (χ3n) is 1.81. The number of nitrogens with zero attached hydrogens (tertiary/aromatic N) is 2. The molecule has 80 valence electrons. The van der Waals surface area contributed by atoms with Crippen molar-refractivity contribution in [2.24, 2.45) is 0 Å². The second kappa shape index (κ2) is 5.29. The quantitative estimate of drug-likeness (QED) is 0.648. The molecule has 1 atom stereocenters. The maximum absolute atomic E-state index is 9.11. The number of aromatic nitrogens is 1.